The second-order valence-corrected chi connectivity index (χ2v) is 21.9. The Balaban J connectivity index is 1.63. The second kappa shape index (κ2) is 26.1. The summed E-state index contributed by atoms with van der Waals surface area (Å²) in [5, 5.41) is 23.7. The average molecular weight is 1070 g/mol. The van der Waals surface area contributed by atoms with Gasteiger partial charge in [-0.1, -0.05) is 58.0 Å². The Morgan fingerprint density at radius 3 is 2.03 bits per heavy atom. The first-order valence-corrected chi connectivity index (χ1v) is 25.3. The van der Waals surface area contributed by atoms with Gasteiger partial charge in [0, 0.05) is 66.8 Å². The molecule has 0 saturated heterocycles. The van der Waals surface area contributed by atoms with Crippen LogP contribution in [0, 0.1) is 0 Å². The first kappa shape index (κ1) is 57.9. The number of carbonyl (C=O) groups is 6. The summed E-state index contributed by atoms with van der Waals surface area (Å²) in [6, 6.07) is 12.9. The number of rotatable bonds is 22. The fourth-order valence-electron chi connectivity index (χ4n) is 7.34. The van der Waals surface area contributed by atoms with Gasteiger partial charge in [-0.05, 0) is 135 Å². The number of halogens is 1. The summed E-state index contributed by atoms with van der Waals surface area (Å²) in [5.74, 6) is -2.50. The van der Waals surface area contributed by atoms with Gasteiger partial charge in [0.2, 0.25) is 11.8 Å². The number of hydrogen-bond donors (Lipinski definition) is 6. The standard InChI is InChI=1S/C51H71BrN8O10S/c1-49(2,3)68-46(65)55-25-14-13-21-38(44(62)59(10)40(45(63)64)28-33-31-60(48(67)70-51(7,8)9)39-23-12-11-19-34(33)39)58-42(61)37(22-17-27-56-47(66)69-50(4,5)6)57-30-32-18-16-26-54-43(32)71-41-24-15-20-36(52)35(41)29-53/h11-12,15-16,18-20,23-24,26,31,37-38,40,57H,13-14,17,21-22,25,27-30,53H2,1-10H3,(H,55,65)(H,56,66)(H,58,61)(H,63,64)/t37-,38-,40-/m0/s1. The molecule has 0 radical (unpaired) electrons. The van der Waals surface area contributed by atoms with Crippen LogP contribution in [0.2, 0.25) is 0 Å². The maximum absolute atomic E-state index is 14.7. The van der Waals surface area contributed by atoms with Crippen LogP contribution in [0.5, 0.6) is 0 Å². The topological polar surface area (TPSA) is 246 Å². The van der Waals surface area contributed by atoms with Crippen LogP contribution in [0.3, 0.4) is 0 Å². The molecule has 4 amide bonds. The summed E-state index contributed by atoms with van der Waals surface area (Å²) in [4.78, 5) is 87.3. The molecule has 388 valence electrons. The Hall–Kier alpha value is -5.70. The van der Waals surface area contributed by atoms with E-state index < -0.39 is 71.0 Å². The maximum atomic E-state index is 14.7. The molecule has 0 spiro atoms. The lowest BCUT2D eigenvalue weighted by molar-refractivity contribution is -0.150. The molecule has 0 bridgehead atoms. The molecule has 0 unspecified atom stereocenters. The molecule has 0 saturated carbocycles. The van der Waals surface area contributed by atoms with E-state index >= 15 is 0 Å². The highest BCUT2D eigenvalue weighted by Crippen LogP contribution is 2.34. The van der Waals surface area contributed by atoms with E-state index in [0.717, 1.165) is 25.4 Å². The summed E-state index contributed by atoms with van der Waals surface area (Å²) in [6.07, 6.45) is 2.55. The minimum atomic E-state index is -1.42. The summed E-state index contributed by atoms with van der Waals surface area (Å²) in [5.41, 5.74) is 6.57. The third-order valence-corrected chi connectivity index (χ3v) is 12.5. The molecule has 4 rings (SSSR count). The zero-order valence-corrected chi connectivity index (χ0v) is 44.9. The van der Waals surface area contributed by atoms with E-state index in [1.165, 1.54) is 29.6 Å². The van der Waals surface area contributed by atoms with Gasteiger partial charge in [-0.3, -0.25) is 14.2 Å². The molecule has 7 N–H and O–H groups in total. The number of aromatic nitrogens is 2. The lowest BCUT2D eigenvalue weighted by atomic mass is 10.0. The normalized spacial score (nSPS) is 13.1. The zero-order valence-electron chi connectivity index (χ0n) is 42.5. The lowest BCUT2D eigenvalue weighted by Crippen LogP contribution is -2.56. The molecule has 0 fully saturated rings. The van der Waals surface area contributed by atoms with Gasteiger partial charge in [0.15, 0.2) is 0 Å². The Labute approximate surface area is 429 Å². The fraction of sp³-hybridized carbons (Fsp3) is 0.510. The first-order chi connectivity index (χ1) is 33.3. The third-order valence-electron chi connectivity index (χ3n) is 10.6. The van der Waals surface area contributed by atoms with E-state index in [1.807, 2.05) is 24.3 Å². The number of carboxylic acids is 1. The molecule has 2 aromatic carbocycles. The number of aliphatic carboxylic acids is 1. The number of ether oxygens (including phenoxy) is 3. The van der Waals surface area contributed by atoms with Crippen molar-refractivity contribution in [3.63, 3.8) is 0 Å². The number of carboxylic acid groups (broad SMARTS) is 1. The van der Waals surface area contributed by atoms with Crippen LogP contribution >= 0.6 is 27.7 Å². The number of benzene rings is 2. The average Bonchev–Trinajstić information content (AvgIpc) is 3.64. The molecular formula is C51H71BrN8O10S. The number of carbonyl (C=O) groups excluding carboxylic acids is 5. The van der Waals surface area contributed by atoms with E-state index in [9.17, 15) is 33.9 Å². The van der Waals surface area contributed by atoms with Crippen LogP contribution < -0.4 is 27.0 Å². The number of fused-ring (bicyclic) bond motifs is 1. The molecule has 71 heavy (non-hydrogen) atoms. The first-order valence-electron chi connectivity index (χ1n) is 23.6. The quantitative estimate of drug-likeness (QED) is 0.0320. The number of unbranched alkanes of at least 4 members (excludes halogenated alkanes) is 1. The lowest BCUT2D eigenvalue weighted by Gasteiger charge is -2.30. The maximum Gasteiger partial charge on any atom is 0.419 e. The van der Waals surface area contributed by atoms with Crippen molar-refractivity contribution in [2.45, 2.75) is 159 Å². The zero-order chi connectivity index (χ0) is 52.7. The van der Waals surface area contributed by atoms with E-state index in [4.69, 9.17) is 19.9 Å². The summed E-state index contributed by atoms with van der Waals surface area (Å²) >= 11 is 5.02. The number of pyridine rings is 1. The highest BCUT2D eigenvalue weighted by atomic mass is 79.9. The van der Waals surface area contributed by atoms with Crippen molar-refractivity contribution in [1.29, 1.82) is 0 Å². The Morgan fingerprint density at radius 1 is 0.789 bits per heavy atom. The number of hydrogen-bond acceptors (Lipinski definition) is 13. The number of nitrogens with zero attached hydrogens (tertiary/aromatic N) is 3. The van der Waals surface area contributed by atoms with Gasteiger partial charge in [0.1, 0.15) is 33.9 Å². The van der Waals surface area contributed by atoms with Crippen LogP contribution in [-0.4, -0.2) is 111 Å². The fourth-order valence-corrected chi connectivity index (χ4v) is 9.05. The van der Waals surface area contributed by atoms with Gasteiger partial charge in [0.05, 0.1) is 11.6 Å². The number of likely N-dealkylation sites (N-methyl/N-ethyl adjacent to an activating group) is 1. The molecule has 3 atom stereocenters. The Kier molecular flexibility index (Phi) is 21.3. The van der Waals surface area contributed by atoms with Gasteiger partial charge < -0.3 is 51.2 Å². The molecule has 0 aliphatic carbocycles. The van der Waals surface area contributed by atoms with Crippen LogP contribution in [0.25, 0.3) is 10.9 Å². The van der Waals surface area contributed by atoms with Crippen molar-refractivity contribution in [1.82, 2.24) is 35.7 Å². The van der Waals surface area contributed by atoms with E-state index in [0.29, 0.717) is 47.3 Å². The highest BCUT2D eigenvalue weighted by Gasteiger charge is 2.35. The molecule has 20 heteroatoms. The monoisotopic (exact) mass is 1070 g/mol. The van der Waals surface area contributed by atoms with Gasteiger partial charge in [-0.2, -0.15) is 0 Å². The minimum Gasteiger partial charge on any atom is -0.480 e. The SMILES string of the molecule is CN(C(=O)[C@H](CCCCNC(=O)OC(C)(C)C)NC(=O)[C@H](CCCNC(=O)OC(C)(C)C)NCc1cccnc1Sc1cccc(Br)c1CN)[C@@H](Cc1cn(C(=O)OC(C)(C)C)c2ccccc12)C(=O)O. The summed E-state index contributed by atoms with van der Waals surface area (Å²) in [7, 11) is 1.37. The van der Waals surface area contributed by atoms with E-state index in [-0.39, 0.29) is 38.9 Å². The Bertz CT molecular complexity index is 2480. The molecule has 18 nitrogen and oxygen atoms in total. The predicted molar refractivity (Wildman–Crippen MR) is 276 cm³/mol. The molecule has 2 aromatic heterocycles. The smallest absolute Gasteiger partial charge is 0.419 e. The molecule has 4 aromatic rings. The van der Waals surface area contributed by atoms with Crippen molar-refractivity contribution >= 4 is 74.7 Å². The van der Waals surface area contributed by atoms with E-state index in [1.54, 1.807) is 98.8 Å². The number of para-hydroxylation sites is 1. The van der Waals surface area contributed by atoms with Crippen molar-refractivity contribution in [2.75, 3.05) is 20.1 Å². The highest BCUT2D eigenvalue weighted by molar-refractivity contribution is 9.10. The van der Waals surface area contributed by atoms with Crippen molar-refractivity contribution in [3.05, 3.63) is 88.2 Å². The largest absolute Gasteiger partial charge is 0.480 e. The van der Waals surface area contributed by atoms with Crippen molar-refractivity contribution in [2.24, 2.45) is 5.73 Å². The van der Waals surface area contributed by atoms with Crippen molar-refractivity contribution < 1.29 is 48.1 Å². The molecule has 2 heterocycles. The van der Waals surface area contributed by atoms with Crippen molar-refractivity contribution in [3.8, 4) is 0 Å². The Morgan fingerprint density at radius 2 is 1.41 bits per heavy atom. The predicted octanol–water partition coefficient (Wildman–Crippen LogP) is 8.29. The van der Waals surface area contributed by atoms with Gasteiger partial charge >= 0.3 is 24.2 Å². The van der Waals surface area contributed by atoms with Crippen LogP contribution in [0.1, 0.15) is 111 Å². The second-order valence-electron chi connectivity index (χ2n) is 20.0. The number of amides is 4. The number of alkyl carbamates (subject to hydrolysis) is 2. The van der Waals surface area contributed by atoms with Gasteiger partial charge in [0.25, 0.3) is 0 Å². The van der Waals surface area contributed by atoms with Crippen LogP contribution in [0.4, 0.5) is 14.4 Å². The summed E-state index contributed by atoms with van der Waals surface area (Å²) in [6.45, 7) is 16.6. The third kappa shape index (κ3) is 18.8. The van der Waals surface area contributed by atoms with E-state index in [2.05, 4.69) is 42.2 Å². The minimum absolute atomic E-state index is 0.0849. The number of nitrogens with two attached hydrogens (primary N) is 1. The number of nitrogens with one attached hydrogen (secondary N) is 4. The van der Waals surface area contributed by atoms with Crippen LogP contribution in [-0.2, 0) is 48.1 Å². The van der Waals surface area contributed by atoms with Crippen LogP contribution in [0.15, 0.2) is 81.4 Å². The molecule has 0 aliphatic heterocycles. The van der Waals surface area contributed by atoms with Gasteiger partial charge in [-0.25, -0.2) is 24.2 Å². The molecular weight excluding hydrogens is 997 g/mol. The molecule has 0 aliphatic rings. The van der Waals surface area contributed by atoms with Gasteiger partial charge in [-0.15, -0.1) is 0 Å². The summed E-state index contributed by atoms with van der Waals surface area (Å²) < 4.78 is 18.6.